The van der Waals surface area contributed by atoms with Gasteiger partial charge in [0, 0.05) is 12.7 Å². The normalized spacial score (nSPS) is 10.2. The molecule has 0 aromatic heterocycles. The average Bonchev–Trinajstić information content (AvgIpc) is 1.98. The number of hydrogen-bond acceptors (Lipinski definition) is 1. The van der Waals surface area contributed by atoms with Crippen LogP contribution in [0.4, 0.5) is 0 Å². The van der Waals surface area contributed by atoms with Crippen LogP contribution in [0.1, 0.15) is 26.2 Å². The Balaban J connectivity index is 3.27. The molecule has 0 bridgehead atoms. The highest BCUT2D eigenvalue weighted by atomic mass is 14.8. The summed E-state index contributed by atoms with van der Waals surface area (Å²) in [6, 6.07) is 0. The predicted molar refractivity (Wildman–Crippen MR) is 46.9 cm³/mol. The molecule has 0 atom stereocenters. The quantitative estimate of drug-likeness (QED) is 0.455. The Morgan fingerprint density at radius 2 is 2.30 bits per heavy atom. The largest absolute Gasteiger partial charge is 0.389 e. The maximum Gasteiger partial charge on any atom is 0.0261 e. The number of likely N-dealkylation sites (N-methyl/N-ethyl adjacent to an activating group) is 1. The molecule has 1 N–H and O–H groups in total. The van der Waals surface area contributed by atoms with Crippen molar-refractivity contribution in [1.29, 1.82) is 0 Å². The summed E-state index contributed by atoms with van der Waals surface area (Å²) in [7, 11) is 1.88. The third-order valence-corrected chi connectivity index (χ3v) is 1.36. The van der Waals surface area contributed by atoms with Gasteiger partial charge in [-0.25, -0.2) is 0 Å². The minimum Gasteiger partial charge on any atom is -0.389 e. The monoisotopic (exact) mass is 139 g/mol. The zero-order valence-corrected chi connectivity index (χ0v) is 6.98. The first kappa shape index (κ1) is 9.28. The molecule has 0 spiro atoms. The van der Waals surface area contributed by atoms with Gasteiger partial charge in [0.15, 0.2) is 0 Å². The van der Waals surface area contributed by atoms with Crippen molar-refractivity contribution in [2.24, 2.45) is 0 Å². The van der Waals surface area contributed by atoms with Crippen molar-refractivity contribution in [3.8, 4) is 0 Å². The summed E-state index contributed by atoms with van der Waals surface area (Å²) < 4.78 is 0. The molecule has 0 aliphatic heterocycles. The van der Waals surface area contributed by atoms with Gasteiger partial charge in [0.2, 0.25) is 0 Å². The van der Waals surface area contributed by atoms with Crippen molar-refractivity contribution >= 4 is 0 Å². The lowest BCUT2D eigenvalue weighted by Gasteiger charge is -1.94. The Labute approximate surface area is 63.8 Å². The van der Waals surface area contributed by atoms with Crippen molar-refractivity contribution in [2.75, 3.05) is 7.05 Å². The minimum absolute atomic E-state index is 0.983. The topological polar surface area (TPSA) is 12.0 Å². The van der Waals surface area contributed by atoms with Gasteiger partial charge in [0.1, 0.15) is 0 Å². The minimum atomic E-state index is 0.983. The Morgan fingerprint density at radius 1 is 1.60 bits per heavy atom. The summed E-state index contributed by atoms with van der Waals surface area (Å²) in [4.78, 5) is 0. The van der Waals surface area contributed by atoms with E-state index in [-0.39, 0.29) is 0 Å². The van der Waals surface area contributed by atoms with Gasteiger partial charge in [0.25, 0.3) is 0 Å². The van der Waals surface area contributed by atoms with E-state index >= 15 is 0 Å². The van der Waals surface area contributed by atoms with E-state index in [2.05, 4.69) is 24.9 Å². The molecular weight excluding hydrogens is 122 g/mol. The van der Waals surface area contributed by atoms with E-state index in [1.807, 2.05) is 13.1 Å². The van der Waals surface area contributed by atoms with E-state index in [1.165, 1.54) is 12.8 Å². The maximum atomic E-state index is 3.77. The third kappa shape index (κ3) is 5.42. The second-order valence-electron chi connectivity index (χ2n) is 2.32. The van der Waals surface area contributed by atoms with Crippen LogP contribution in [0.15, 0.2) is 24.4 Å². The molecule has 0 aliphatic rings. The van der Waals surface area contributed by atoms with Crippen LogP contribution in [0.3, 0.4) is 0 Å². The molecule has 1 heteroatoms. The van der Waals surface area contributed by atoms with Gasteiger partial charge in [-0.2, -0.15) is 0 Å². The van der Waals surface area contributed by atoms with Crippen LogP contribution in [-0.4, -0.2) is 7.05 Å². The number of hydrogen-bond donors (Lipinski definition) is 1. The van der Waals surface area contributed by atoms with Crippen molar-refractivity contribution in [1.82, 2.24) is 5.32 Å². The highest BCUT2D eigenvalue weighted by Gasteiger charge is 1.79. The molecule has 0 unspecified atom stereocenters. The molecule has 0 radical (unpaired) electrons. The van der Waals surface area contributed by atoms with Crippen LogP contribution in [0.25, 0.3) is 0 Å². The van der Waals surface area contributed by atoms with E-state index in [1.54, 1.807) is 0 Å². The van der Waals surface area contributed by atoms with Crippen LogP contribution in [-0.2, 0) is 0 Å². The summed E-state index contributed by atoms with van der Waals surface area (Å²) in [5, 5.41) is 2.96. The summed E-state index contributed by atoms with van der Waals surface area (Å²) in [6.07, 6.45) is 7.87. The van der Waals surface area contributed by atoms with Crippen LogP contribution < -0.4 is 5.32 Å². The maximum absolute atomic E-state index is 3.77. The Morgan fingerprint density at radius 3 is 2.80 bits per heavy atom. The summed E-state index contributed by atoms with van der Waals surface area (Å²) >= 11 is 0. The Hall–Kier alpha value is -0.720. The standard InChI is InChI=1S/C9H17N/c1-4-5-6-7-8-9(2)10-3/h7-8,10H,2,4-6H2,1,3H3/b8-7-. The fourth-order valence-corrected chi connectivity index (χ4v) is 0.631. The van der Waals surface area contributed by atoms with Crippen LogP contribution in [0, 0.1) is 0 Å². The van der Waals surface area contributed by atoms with Gasteiger partial charge in [-0.05, 0) is 12.5 Å². The molecule has 0 aliphatic carbocycles. The molecule has 0 saturated heterocycles. The highest BCUT2D eigenvalue weighted by molar-refractivity contribution is 5.11. The third-order valence-electron chi connectivity index (χ3n) is 1.36. The zero-order chi connectivity index (χ0) is 7.82. The van der Waals surface area contributed by atoms with Gasteiger partial charge >= 0.3 is 0 Å². The molecule has 58 valence electrons. The molecule has 0 amide bonds. The molecule has 10 heavy (non-hydrogen) atoms. The van der Waals surface area contributed by atoms with Gasteiger partial charge < -0.3 is 5.32 Å². The molecule has 0 rings (SSSR count). The van der Waals surface area contributed by atoms with Crippen molar-refractivity contribution in [3.05, 3.63) is 24.4 Å². The number of rotatable bonds is 5. The van der Waals surface area contributed by atoms with E-state index < -0.39 is 0 Å². The lowest BCUT2D eigenvalue weighted by atomic mass is 10.2. The number of allylic oxidation sites excluding steroid dienone is 2. The Kier molecular flexibility index (Phi) is 5.94. The number of nitrogens with one attached hydrogen (secondary N) is 1. The van der Waals surface area contributed by atoms with Crippen molar-refractivity contribution in [2.45, 2.75) is 26.2 Å². The highest BCUT2D eigenvalue weighted by Crippen LogP contribution is 1.96. The van der Waals surface area contributed by atoms with Gasteiger partial charge in [-0.15, -0.1) is 0 Å². The molecule has 0 fully saturated rings. The van der Waals surface area contributed by atoms with Gasteiger partial charge in [-0.3, -0.25) is 0 Å². The molecule has 0 aromatic carbocycles. The number of unbranched alkanes of at least 4 members (excludes halogenated alkanes) is 2. The van der Waals surface area contributed by atoms with E-state index in [4.69, 9.17) is 0 Å². The molecule has 0 saturated carbocycles. The summed E-state index contributed by atoms with van der Waals surface area (Å²) in [6.45, 7) is 5.97. The SMILES string of the molecule is C=C(/C=C\CCCC)NC. The Bertz CT molecular complexity index is 114. The second kappa shape index (κ2) is 6.40. The average molecular weight is 139 g/mol. The summed E-state index contributed by atoms with van der Waals surface area (Å²) in [5.41, 5.74) is 0.983. The van der Waals surface area contributed by atoms with Gasteiger partial charge in [-0.1, -0.05) is 32.4 Å². The summed E-state index contributed by atoms with van der Waals surface area (Å²) in [5.74, 6) is 0. The first-order chi connectivity index (χ1) is 4.81. The van der Waals surface area contributed by atoms with E-state index in [0.29, 0.717) is 0 Å². The van der Waals surface area contributed by atoms with Crippen molar-refractivity contribution in [3.63, 3.8) is 0 Å². The zero-order valence-electron chi connectivity index (χ0n) is 6.98. The predicted octanol–water partition coefficient (Wildman–Crippen LogP) is 2.47. The molecule has 0 heterocycles. The van der Waals surface area contributed by atoms with Crippen LogP contribution in [0.5, 0.6) is 0 Å². The lowest BCUT2D eigenvalue weighted by molar-refractivity contribution is 0.813. The molecule has 0 aromatic rings. The lowest BCUT2D eigenvalue weighted by Crippen LogP contribution is -2.00. The van der Waals surface area contributed by atoms with E-state index in [0.717, 1.165) is 12.1 Å². The van der Waals surface area contributed by atoms with Gasteiger partial charge in [0.05, 0.1) is 0 Å². The molecule has 1 nitrogen and oxygen atoms in total. The molecular formula is C9H17N. The first-order valence-corrected chi connectivity index (χ1v) is 3.84. The first-order valence-electron chi connectivity index (χ1n) is 3.84. The van der Waals surface area contributed by atoms with E-state index in [9.17, 15) is 0 Å². The van der Waals surface area contributed by atoms with Crippen molar-refractivity contribution < 1.29 is 0 Å². The van der Waals surface area contributed by atoms with Crippen LogP contribution >= 0.6 is 0 Å². The second-order valence-corrected chi connectivity index (χ2v) is 2.32. The smallest absolute Gasteiger partial charge is 0.0261 e. The fraction of sp³-hybridized carbons (Fsp3) is 0.556. The fourth-order valence-electron chi connectivity index (χ4n) is 0.631. The van der Waals surface area contributed by atoms with Crippen LogP contribution in [0.2, 0.25) is 0 Å².